The molecule has 1 aliphatic rings. The molecule has 11 heteroatoms. The number of carbonyl (C=O) groups excluding carboxylic acids is 1. The van der Waals surface area contributed by atoms with Gasteiger partial charge in [-0.15, -0.1) is 0 Å². The van der Waals surface area contributed by atoms with Crippen molar-refractivity contribution < 1.29 is 22.0 Å². The van der Waals surface area contributed by atoms with Crippen molar-refractivity contribution in [3.8, 4) is 10.6 Å². The monoisotopic (exact) mass is 520 g/mol. The zero-order chi connectivity index (χ0) is 25.5. The van der Waals surface area contributed by atoms with Gasteiger partial charge in [-0.25, -0.2) is 22.2 Å². The second-order valence-corrected chi connectivity index (χ2v) is 12.3. The van der Waals surface area contributed by atoms with Crippen molar-refractivity contribution in [3.63, 3.8) is 0 Å². The van der Waals surface area contributed by atoms with E-state index in [2.05, 4.69) is 9.97 Å². The summed E-state index contributed by atoms with van der Waals surface area (Å²) in [5, 5.41) is -0.549. The van der Waals surface area contributed by atoms with Crippen molar-refractivity contribution in [1.82, 2.24) is 9.97 Å². The average Bonchev–Trinajstić information content (AvgIpc) is 3.13. The largest absolute Gasteiger partial charge is 0.389 e. The molecule has 4 rings (SSSR count). The molecule has 0 amide bonds. The number of aromatic nitrogens is 2. The van der Waals surface area contributed by atoms with Crippen LogP contribution >= 0.6 is 11.3 Å². The van der Waals surface area contributed by atoms with Gasteiger partial charge in [-0.3, -0.25) is 9.78 Å². The second-order valence-electron chi connectivity index (χ2n) is 9.11. The number of rotatable bonds is 6. The average molecular weight is 521 g/mol. The first kappa shape index (κ1) is 25.3. The van der Waals surface area contributed by atoms with E-state index in [0.717, 1.165) is 29.0 Å². The summed E-state index contributed by atoms with van der Waals surface area (Å²) < 4.78 is 52.8. The Balaban J connectivity index is 1.60. The molecule has 0 saturated heterocycles. The molecule has 7 nitrogen and oxygen atoms in total. The van der Waals surface area contributed by atoms with E-state index in [1.807, 2.05) is 13.0 Å². The molecular formula is C24H26F2N4O3S2. The molecular weight excluding hydrogens is 494 g/mol. The summed E-state index contributed by atoms with van der Waals surface area (Å²) >= 11 is 0.847. The van der Waals surface area contributed by atoms with Gasteiger partial charge in [0.1, 0.15) is 27.3 Å². The van der Waals surface area contributed by atoms with Crippen LogP contribution in [0.25, 0.3) is 10.6 Å². The highest BCUT2D eigenvalue weighted by molar-refractivity contribution is 7.91. The number of ketones is 1. The minimum atomic E-state index is -3.29. The third-order valence-corrected chi connectivity index (χ3v) is 9.22. The number of anilines is 1. The first-order chi connectivity index (χ1) is 16.5. The predicted molar refractivity (Wildman–Crippen MR) is 132 cm³/mol. The van der Waals surface area contributed by atoms with Gasteiger partial charge in [-0.1, -0.05) is 24.3 Å². The van der Waals surface area contributed by atoms with Gasteiger partial charge in [0, 0.05) is 31.1 Å². The van der Waals surface area contributed by atoms with Crippen LogP contribution in [0.2, 0.25) is 0 Å². The van der Waals surface area contributed by atoms with E-state index in [4.69, 9.17) is 11.5 Å². The van der Waals surface area contributed by atoms with Crippen LogP contribution in [0.1, 0.15) is 47.3 Å². The Morgan fingerprint density at radius 1 is 1.20 bits per heavy atom. The summed E-state index contributed by atoms with van der Waals surface area (Å²) in [5.41, 5.74) is 13.4. The highest BCUT2D eigenvalue weighted by Crippen LogP contribution is 2.40. The molecule has 1 fully saturated rings. The molecule has 0 spiro atoms. The number of nitrogen functional groups attached to an aromatic ring is 1. The van der Waals surface area contributed by atoms with E-state index in [0.29, 0.717) is 18.4 Å². The highest BCUT2D eigenvalue weighted by atomic mass is 32.2. The number of thiazole rings is 1. The number of hydrogen-bond acceptors (Lipinski definition) is 8. The molecule has 1 aliphatic carbocycles. The molecule has 2 aromatic heterocycles. The van der Waals surface area contributed by atoms with Crippen molar-refractivity contribution in [3.05, 3.63) is 65.1 Å². The number of Topliss-reactive ketones (excluding diaryl/α,β-unsaturated/α-hetero) is 1. The van der Waals surface area contributed by atoms with Crippen LogP contribution in [0.3, 0.4) is 0 Å². The van der Waals surface area contributed by atoms with E-state index < -0.39 is 38.5 Å². The molecule has 0 bridgehead atoms. The van der Waals surface area contributed by atoms with Crippen molar-refractivity contribution in [2.24, 2.45) is 11.7 Å². The Morgan fingerprint density at radius 2 is 1.89 bits per heavy atom. The summed E-state index contributed by atoms with van der Waals surface area (Å²) in [7, 11) is -3.29. The van der Waals surface area contributed by atoms with Gasteiger partial charge < -0.3 is 11.5 Å². The first-order valence-corrected chi connectivity index (χ1v) is 13.9. The molecule has 1 saturated carbocycles. The minimum absolute atomic E-state index is 0.00763. The fourth-order valence-electron chi connectivity index (χ4n) is 5.14. The van der Waals surface area contributed by atoms with Crippen molar-refractivity contribution in [2.45, 2.75) is 43.4 Å². The van der Waals surface area contributed by atoms with Gasteiger partial charge >= 0.3 is 0 Å². The van der Waals surface area contributed by atoms with E-state index in [1.54, 1.807) is 12.4 Å². The minimum Gasteiger partial charge on any atom is -0.389 e. The van der Waals surface area contributed by atoms with Gasteiger partial charge in [0.2, 0.25) is 0 Å². The Kier molecular flexibility index (Phi) is 7.03. The molecule has 35 heavy (non-hydrogen) atoms. The number of hydrogen-bond donors (Lipinski definition) is 2. The van der Waals surface area contributed by atoms with E-state index in [-0.39, 0.29) is 39.5 Å². The molecule has 186 valence electrons. The maximum Gasteiger partial charge on any atom is 0.188 e. The van der Waals surface area contributed by atoms with Gasteiger partial charge in [0.25, 0.3) is 0 Å². The van der Waals surface area contributed by atoms with Crippen LogP contribution in [-0.4, -0.2) is 41.7 Å². The number of nitrogens with two attached hydrogens (primary N) is 2. The molecule has 0 radical (unpaired) electrons. The summed E-state index contributed by atoms with van der Waals surface area (Å²) in [6.45, 7) is 1.88. The maximum atomic E-state index is 14.2. The van der Waals surface area contributed by atoms with Gasteiger partial charge in [0.05, 0.1) is 10.8 Å². The third kappa shape index (κ3) is 5.12. The van der Waals surface area contributed by atoms with Crippen LogP contribution in [0.15, 0.2) is 36.7 Å². The van der Waals surface area contributed by atoms with Crippen LogP contribution < -0.4 is 11.5 Å². The first-order valence-electron chi connectivity index (χ1n) is 11.1. The lowest BCUT2D eigenvalue weighted by Crippen LogP contribution is -2.48. The topological polar surface area (TPSA) is 129 Å². The van der Waals surface area contributed by atoms with Crippen molar-refractivity contribution in [2.75, 3.05) is 12.0 Å². The SMILES string of the molecule is C[C@H]1C[C@@H](c2ccncc2CC(=O)c2nc(-c3c(F)cccc3F)sc2N)C[C@@H](N)[C@H]1S(C)(=O)=O. The zero-order valence-electron chi connectivity index (χ0n) is 19.2. The number of sulfone groups is 1. The molecule has 4 atom stereocenters. The Labute approximate surface area is 206 Å². The summed E-state index contributed by atoms with van der Waals surface area (Å²) in [6.07, 6.45) is 5.43. The van der Waals surface area contributed by atoms with Gasteiger partial charge in [0.15, 0.2) is 15.6 Å². The smallest absolute Gasteiger partial charge is 0.188 e. The Morgan fingerprint density at radius 3 is 2.51 bits per heavy atom. The fourth-order valence-corrected chi connectivity index (χ4v) is 7.74. The number of benzene rings is 1. The summed E-state index contributed by atoms with van der Waals surface area (Å²) in [5.74, 6) is -2.18. The van der Waals surface area contributed by atoms with Crippen molar-refractivity contribution in [1.29, 1.82) is 0 Å². The molecule has 2 heterocycles. The molecule has 3 aromatic rings. The molecule has 0 aliphatic heterocycles. The maximum absolute atomic E-state index is 14.2. The van der Waals surface area contributed by atoms with Crippen LogP contribution in [0, 0.1) is 17.6 Å². The lowest BCUT2D eigenvalue weighted by Gasteiger charge is -2.38. The molecule has 4 N–H and O–H groups in total. The number of nitrogens with zero attached hydrogens (tertiary/aromatic N) is 2. The number of pyridine rings is 1. The standard InChI is InChI=1S/C24H26F2N4O3S2/c1-12-8-13(9-18(27)22(12)35(2,32)33)15-6-7-29-11-14(15)10-19(31)21-23(28)34-24(30-21)20-16(25)4-3-5-17(20)26/h3-7,11-13,18,22H,8-10,27-28H2,1-2H3/t12-,13+,18+,22-/m0/s1. The Bertz CT molecular complexity index is 1340. The fraction of sp³-hybridized carbons (Fsp3) is 0.375. The molecule has 1 aromatic carbocycles. The van der Waals surface area contributed by atoms with Gasteiger partial charge in [-0.2, -0.15) is 0 Å². The normalized spacial score (nSPS) is 22.8. The van der Waals surface area contributed by atoms with E-state index in [9.17, 15) is 22.0 Å². The quantitative estimate of drug-likeness (QED) is 0.474. The highest BCUT2D eigenvalue weighted by Gasteiger charge is 2.40. The van der Waals surface area contributed by atoms with E-state index in [1.165, 1.54) is 12.3 Å². The zero-order valence-corrected chi connectivity index (χ0v) is 20.9. The van der Waals surface area contributed by atoms with Crippen LogP contribution in [0.4, 0.5) is 13.8 Å². The lowest BCUT2D eigenvalue weighted by molar-refractivity contribution is 0.0989. The predicted octanol–water partition coefficient (Wildman–Crippen LogP) is 3.74. The third-order valence-electron chi connectivity index (χ3n) is 6.52. The van der Waals surface area contributed by atoms with E-state index >= 15 is 0 Å². The summed E-state index contributed by atoms with van der Waals surface area (Å²) in [6, 6.07) is 4.77. The molecule has 0 unspecified atom stereocenters. The van der Waals surface area contributed by atoms with Crippen LogP contribution in [-0.2, 0) is 16.3 Å². The number of halogens is 2. The summed E-state index contributed by atoms with van der Waals surface area (Å²) in [4.78, 5) is 21.4. The van der Waals surface area contributed by atoms with Crippen molar-refractivity contribution >= 4 is 32.0 Å². The lowest BCUT2D eigenvalue weighted by atomic mass is 9.75. The second kappa shape index (κ2) is 9.71. The van der Waals surface area contributed by atoms with Crippen LogP contribution in [0.5, 0.6) is 0 Å². The number of carbonyl (C=O) groups is 1. The van der Waals surface area contributed by atoms with Gasteiger partial charge in [-0.05, 0) is 54.0 Å². The Hall–Kier alpha value is -2.76.